The molecule has 4 nitrogen and oxygen atoms in total. The summed E-state index contributed by atoms with van der Waals surface area (Å²) in [5, 5.41) is 13.1. The first-order chi connectivity index (χ1) is 10.1. The van der Waals surface area contributed by atoms with Gasteiger partial charge < -0.3 is 15.2 Å². The smallest absolute Gasteiger partial charge is 0.123 e. The number of nitrogens with one attached hydrogen (secondary N) is 1. The third-order valence-electron chi connectivity index (χ3n) is 3.12. The summed E-state index contributed by atoms with van der Waals surface area (Å²) >= 11 is 0. The molecule has 2 aromatic rings. The number of aliphatic hydroxyl groups is 1. The Morgan fingerprint density at radius 1 is 1.19 bits per heavy atom. The van der Waals surface area contributed by atoms with E-state index in [4.69, 9.17) is 4.74 Å². The van der Waals surface area contributed by atoms with E-state index in [0.29, 0.717) is 12.3 Å². The van der Waals surface area contributed by atoms with Gasteiger partial charge in [0.1, 0.15) is 24.3 Å². The maximum Gasteiger partial charge on any atom is 0.123 e. The molecule has 0 bridgehead atoms. The molecule has 1 heterocycles. The van der Waals surface area contributed by atoms with Crippen molar-refractivity contribution < 1.29 is 14.2 Å². The number of rotatable bonds is 7. The zero-order valence-electron chi connectivity index (χ0n) is 11.9. The molecular formula is C16H19FN2O2. The van der Waals surface area contributed by atoms with Crippen molar-refractivity contribution in [2.75, 3.05) is 13.2 Å². The number of pyridine rings is 1. The number of hydrogen-bond acceptors (Lipinski definition) is 4. The molecule has 0 radical (unpaired) electrons. The van der Waals surface area contributed by atoms with Crippen LogP contribution in [0.4, 0.5) is 4.39 Å². The quantitative estimate of drug-likeness (QED) is 0.821. The second kappa shape index (κ2) is 7.71. The van der Waals surface area contributed by atoms with Gasteiger partial charge in [-0.15, -0.1) is 0 Å². The molecule has 2 unspecified atom stereocenters. The van der Waals surface area contributed by atoms with Crippen LogP contribution in [0.25, 0.3) is 0 Å². The first-order valence-electron chi connectivity index (χ1n) is 6.85. The minimum Gasteiger partial charge on any atom is -0.491 e. The van der Waals surface area contributed by atoms with Gasteiger partial charge >= 0.3 is 0 Å². The minimum atomic E-state index is -0.639. The van der Waals surface area contributed by atoms with Crippen LogP contribution in [0.3, 0.4) is 0 Å². The summed E-state index contributed by atoms with van der Waals surface area (Å²) < 4.78 is 18.1. The van der Waals surface area contributed by atoms with Crippen molar-refractivity contribution in [1.29, 1.82) is 0 Å². The number of aliphatic hydroxyl groups excluding tert-OH is 1. The average Bonchev–Trinajstić information content (AvgIpc) is 2.53. The molecular weight excluding hydrogens is 271 g/mol. The summed E-state index contributed by atoms with van der Waals surface area (Å²) in [6.07, 6.45) is 2.84. The van der Waals surface area contributed by atoms with Gasteiger partial charge in [-0.3, -0.25) is 4.98 Å². The fraction of sp³-hybridized carbons (Fsp3) is 0.312. The highest BCUT2D eigenvalue weighted by molar-refractivity contribution is 5.22. The van der Waals surface area contributed by atoms with Gasteiger partial charge in [-0.1, -0.05) is 0 Å². The van der Waals surface area contributed by atoms with Crippen LogP contribution in [0.5, 0.6) is 5.75 Å². The fourth-order valence-electron chi connectivity index (χ4n) is 1.86. The van der Waals surface area contributed by atoms with E-state index in [9.17, 15) is 9.50 Å². The third kappa shape index (κ3) is 5.13. The van der Waals surface area contributed by atoms with E-state index >= 15 is 0 Å². The molecule has 0 saturated heterocycles. The largest absolute Gasteiger partial charge is 0.491 e. The Labute approximate surface area is 123 Å². The Hall–Kier alpha value is -1.98. The molecule has 0 spiro atoms. The number of ether oxygens (including phenoxy) is 1. The van der Waals surface area contributed by atoms with Gasteiger partial charge in [0.25, 0.3) is 0 Å². The average molecular weight is 290 g/mol. The Balaban J connectivity index is 1.72. The van der Waals surface area contributed by atoms with Gasteiger partial charge in [0.2, 0.25) is 0 Å². The summed E-state index contributed by atoms with van der Waals surface area (Å²) in [6, 6.07) is 9.70. The first-order valence-corrected chi connectivity index (χ1v) is 6.85. The standard InChI is InChI=1S/C16H19FN2O2/c1-12(13-6-8-18-9-7-13)19-10-15(20)11-21-16-4-2-14(17)3-5-16/h2-9,12,15,19-20H,10-11H2,1H3. The van der Waals surface area contributed by atoms with E-state index in [2.05, 4.69) is 10.3 Å². The highest BCUT2D eigenvalue weighted by Gasteiger charge is 2.09. The first kappa shape index (κ1) is 15.4. The number of hydrogen-bond donors (Lipinski definition) is 2. The monoisotopic (exact) mass is 290 g/mol. The van der Waals surface area contributed by atoms with E-state index < -0.39 is 6.10 Å². The third-order valence-corrected chi connectivity index (χ3v) is 3.12. The predicted octanol–water partition coefficient (Wildman–Crippen LogP) is 2.31. The van der Waals surface area contributed by atoms with Crippen LogP contribution in [0, 0.1) is 5.82 Å². The van der Waals surface area contributed by atoms with Gasteiger partial charge in [0.05, 0.1) is 0 Å². The van der Waals surface area contributed by atoms with Crippen molar-refractivity contribution in [2.45, 2.75) is 19.1 Å². The van der Waals surface area contributed by atoms with Crippen LogP contribution < -0.4 is 10.1 Å². The van der Waals surface area contributed by atoms with Gasteiger partial charge in [0.15, 0.2) is 0 Å². The second-order valence-electron chi connectivity index (χ2n) is 4.83. The zero-order valence-corrected chi connectivity index (χ0v) is 11.9. The molecule has 5 heteroatoms. The molecule has 1 aromatic carbocycles. The minimum absolute atomic E-state index is 0.119. The maximum absolute atomic E-state index is 12.7. The highest BCUT2D eigenvalue weighted by Crippen LogP contribution is 2.12. The van der Waals surface area contributed by atoms with Gasteiger partial charge in [-0.05, 0) is 48.9 Å². The molecule has 2 rings (SSSR count). The van der Waals surface area contributed by atoms with Gasteiger partial charge in [-0.25, -0.2) is 4.39 Å². The van der Waals surface area contributed by atoms with Crippen LogP contribution in [0.1, 0.15) is 18.5 Å². The lowest BCUT2D eigenvalue weighted by atomic mass is 10.1. The molecule has 1 aromatic heterocycles. The summed E-state index contributed by atoms with van der Waals surface area (Å²) in [5.74, 6) is 0.230. The number of benzene rings is 1. The lowest BCUT2D eigenvalue weighted by molar-refractivity contribution is 0.104. The second-order valence-corrected chi connectivity index (χ2v) is 4.83. The molecule has 0 saturated carbocycles. The molecule has 0 aliphatic rings. The summed E-state index contributed by atoms with van der Waals surface area (Å²) in [7, 11) is 0. The SMILES string of the molecule is CC(NCC(O)COc1ccc(F)cc1)c1ccncc1. The summed E-state index contributed by atoms with van der Waals surface area (Å²) in [4.78, 5) is 3.97. The van der Waals surface area contributed by atoms with E-state index in [1.54, 1.807) is 12.4 Å². The van der Waals surface area contributed by atoms with Crippen LogP contribution in [-0.2, 0) is 0 Å². The fourth-order valence-corrected chi connectivity index (χ4v) is 1.86. The van der Waals surface area contributed by atoms with Crippen molar-refractivity contribution in [2.24, 2.45) is 0 Å². The number of aromatic nitrogens is 1. The molecule has 112 valence electrons. The van der Waals surface area contributed by atoms with E-state index in [1.807, 2.05) is 19.1 Å². The number of nitrogens with zero attached hydrogens (tertiary/aromatic N) is 1. The van der Waals surface area contributed by atoms with E-state index in [-0.39, 0.29) is 18.5 Å². The molecule has 2 N–H and O–H groups in total. The molecule has 0 amide bonds. The van der Waals surface area contributed by atoms with Crippen LogP contribution in [0.2, 0.25) is 0 Å². The normalized spacial score (nSPS) is 13.7. The van der Waals surface area contributed by atoms with Crippen molar-refractivity contribution in [3.05, 3.63) is 60.2 Å². The molecule has 0 aliphatic heterocycles. The van der Waals surface area contributed by atoms with E-state index in [0.717, 1.165) is 5.56 Å². The lowest BCUT2D eigenvalue weighted by Crippen LogP contribution is -2.33. The lowest BCUT2D eigenvalue weighted by Gasteiger charge is -2.17. The van der Waals surface area contributed by atoms with Gasteiger partial charge in [0, 0.05) is 25.0 Å². The topological polar surface area (TPSA) is 54.4 Å². The molecule has 21 heavy (non-hydrogen) atoms. The van der Waals surface area contributed by atoms with Crippen molar-refractivity contribution in [3.8, 4) is 5.75 Å². The van der Waals surface area contributed by atoms with Crippen molar-refractivity contribution in [3.63, 3.8) is 0 Å². The molecule has 0 fully saturated rings. The van der Waals surface area contributed by atoms with Crippen LogP contribution >= 0.6 is 0 Å². The maximum atomic E-state index is 12.7. The molecule has 2 atom stereocenters. The predicted molar refractivity (Wildman–Crippen MR) is 78.6 cm³/mol. The summed E-state index contributed by atoms with van der Waals surface area (Å²) in [6.45, 7) is 2.58. The van der Waals surface area contributed by atoms with Gasteiger partial charge in [-0.2, -0.15) is 0 Å². The van der Waals surface area contributed by atoms with Crippen LogP contribution in [0.15, 0.2) is 48.8 Å². The molecule has 0 aliphatic carbocycles. The highest BCUT2D eigenvalue weighted by atomic mass is 19.1. The van der Waals surface area contributed by atoms with Crippen molar-refractivity contribution in [1.82, 2.24) is 10.3 Å². The Bertz CT molecular complexity index is 534. The Morgan fingerprint density at radius 2 is 1.86 bits per heavy atom. The van der Waals surface area contributed by atoms with Crippen LogP contribution in [-0.4, -0.2) is 29.3 Å². The summed E-state index contributed by atoms with van der Waals surface area (Å²) in [5.41, 5.74) is 1.11. The number of halogens is 1. The van der Waals surface area contributed by atoms with E-state index in [1.165, 1.54) is 24.3 Å². The Morgan fingerprint density at radius 3 is 2.52 bits per heavy atom. The Kier molecular flexibility index (Phi) is 5.66. The van der Waals surface area contributed by atoms with Crippen molar-refractivity contribution >= 4 is 0 Å². The zero-order chi connectivity index (χ0) is 15.1.